The minimum Gasteiger partial charge on any atom is -0.479 e. The molecule has 0 aliphatic rings. The average Bonchev–Trinajstić information content (AvgIpc) is 2.27. The number of aliphatic carboxylic acids is 2. The van der Waals surface area contributed by atoms with E-state index in [1.54, 1.807) is 6.07 Å². The number of benzene rings is 1. The molecule has 100 valence electrons. The van der Waals surface area contributed by atoms with Gasteiger partial charge in [-0.2, -0.15) is 0 Å². The number of rotatable bonds is 4. The molecule has 0 heterocycles. The lowest BCUT2D eigenvalue weighted by Gasteiger charge is -2.27. The first-order valence-electron chi connectivity index (χ1n) is 4.74. The van der Waals surface area contributed by atoms with Gasteiger partial charge in [-0.15, -0.1) is 0 Å². The normalized spacial score (nSPS) is 15.1. The maximum Gasteiger partial charge on any atom is 0.343 e. The van der Waals surface area contributed by atoms with E-state index >= 15 is 0 Å². The molecule has 0 radical (unpaired) electrons. The summed E-state index contributed by atoms with van der Waals surface area (Å²) in [6.07, 6.45) is -2.44. The first-order valence-corrected chi connectivity index (χ1v) is 4.74. The van der Waals surface area contributed by atoms with E-state index in [0.29, 0.717) is 5.56 Å². The molecule has 0 amide bonds. The van der Waals surface area contributed by atoms with Gasteiger partial charge in [0.15, 0.2) is 6.10 Å². The largest absolute Gasteiger partial charge is 0.479 e. The number of aliphatic hydroxyl groups is 2. The van der Waals surface area contributed by atoms with E-state index in [2.05, 4.69) is 0 Å². The Hall–Kier alpha value is -1.96. The van der Waals surface area contributed by atoms with Crippen molar-refractivity contribution in [3.63, 3.8) is 0 Å². The molecule has 7 nitrogen and oxygen atoms in total. The molecule has 1 rings (SSSR count). The van der Waals surface area contributed by atoms with E-state index in [9.17, 15) is 19.8 Å². The van der Waals surface area contributed by atoms with Crippen molar-refractivity contribution in [1.29, 1.82) is 0 Å². The third-order valence-electron chi connectivity index (χ3n) is 2.51. The second kappa shape index (κ2) is 5.58. The zero-order chi connectivity index (χ0) is 13.2. The highest BCUT2D eigenvalue weighted by molar-refractivity contribution is 5.88. The van der Waals surface area contributed by atoms with Gasteiger partial charge in [-0.05, 0) is 12.5 Å². The lowest BCUT2D eigenvalue weighted by atomic mass is 9.85. The SMILES string of the molecule is Cc1ccccc1C(O)(C(=O)O)C(O)C(=O)O.O. The van der Waals surface area contributed by atoms with Gasteiger partial charge in [-0.1, -0.05) is 24.3 Å². The molecule has 0 saturated carbocycles. The van der Waals surface area contributed by atoms with Crippen molar-refractivity contribution in [3.05, 3.63) is 35.4 Å². The topological polar surface area (TPSA) is 147 Å². The Bertz CT molecular complexity index is 456. The highest BCUT2D eigenvalue weighted by Crippen LogP contribution is 2.28. The van der Waals surface area contributed by atoms with E-state index in [1.807, 2.05) is 0 Å². The van der Waals surface area contributed by atoms with E-state index < -0.39 is 23.6 Å². The summed E-state index contributed by atoms with van der Waals surface area (Å²) in [4.78, 5) is 21.7. The van der Waals surface area contributed by atoms with E-state index in [-0.39, 0.29) is 11.0 Å². The third-order valence-corrected chi connectivity index (χ3v) is 2.51. The van der Waals surface area contributed by atoms with Gasteiger partial charge in [-0.3, -0.25) is 0 Å². The van der Waals surface area contributed by atoms with Crippen LogP contribution in [0.15, 0.2) is 24.3 Å². The van der Waals surface area contributed by atoms with Crippen LogP contribution in [0.25, 0.3) is 0 Å². The summed E-state index contributed by atoms with van der Waals surface area (Å²) in [6.45, 7) is 1.51. The minimum absolute atomic E-state index is 0. The highest BCUT2D eigenvalue weighted by Gasteiger charge is 2.50. The van der Waals surface area contributed by atoms with E-state index in [0.717, 1.165) is 0 Å². The zero-order valence-electron chi connectivity index (χ0n) is 9.49. The van der Waals surface area contributed by atoms with Crippen molar-refractivity contribution in [1.82, 2.24) is 0 Å². The third kappa shape index (κ3) is 2.48. The predicted molar refractivity (Wildman–Crippen MR) is 60.0 cm³/mol. The Balaban J connectivity index is 0.00000289. The summed E-state index contributed by atoms with van der Waals surface area (Å²) in [5, 5.41) is 36.9. The molecule has 0 spiro atoms. The molecule has 2 atom stereocenters. The summed E-state index contributed by atoms with van der Waals surface area (Å²) in [5.41, 5.74) is -2.64. The molecule has 0 bridgehead atoms. The number of hydrogen-bond acceptors (Lipinski definition) is 4. The Morgan fingerprint density at radius 1 is 1.22 bits per heavy atom. The lowest BCUT2D eigenvalue weighted by molar-refractivity contribution is -0.185. The summed E-state index contributed by atoms with van der Waals surface area (Å²) < 4.78 is 0. The van der Waals surface area contributed by atoms with Crippen LogP contribution in [-0.4, -0.2) is 43.9 Å². The van der Waals surface area contributed by atoms with Gasteiger partial charge in [0.1, 0.15) is 0 Å². The molecule has 2 unspecified atom stereocenters. The van der Waals surface area contributed by atoms with Crippen molar-refractivity contribution in [2.24, 2.45) is 0 Å². The number of aliphatic hydroxyl groups excluding tert-OH is 1. The van der Waals surface area contributed by atoms with Crippen LogP contribution in [0.1, 0.15) is 11.1 Å². The fraction of sp³-hybridized carbons (Fsp3) is 0.273. The van der Waals surface area contributed by atoms with Crippen molar-refractivity contribution in [3.8, 4) is 0 Å². The van der Waals surface area contributed by atoms with Crippen LogP contribution in [0.5, 0.6) is 0 Å². The number of hydrogen-bond donors (Lipinski definition) is 4. The monoisotopic (exact) mass is 258 g/mol. The molecular formula is C11H14O7. The Morgan fingerprint density at radius 3 is 2.11 bits per heavy atom. The summed E-state index contributed by atoms with van der Waals surface area (Å²) in [5.74, 6) is -3.63. The second-order valence-electron chi connectivity index (χ2n) is 3.63. The standard InChI is InChI=1S/C11H12O6.H2O/c1-6-4-2-3-5-7(6)11(17,10(15)16)8(12)9(13)14;/h2-5,8,12,17H,1H3,(H,13,14)(H,15,16);1H2. The molecule has 1 aromatic carbocycles. The molecular weight excluding hydrogens is 244 g/mol. The molecule has 18 heavy (non-hydrogen) atoms. The van der Waals surface area contributed by atoms with Crippen LogP contribution in [0, 0.1) is 6.92 Å². The number of carbonyl (C=O) groups is 2. The molecule has 0 aliphatic heterocycles. The summed E-state index contributed by atoms with van der Waals surface area (Å²) in [6, 6.07) is 5.83. The fourth-order valence-electron chi connectivity index (χ4n) is 1.56. The van der Waals surface area contributed by atoms with Crippen molar-refractivity contribution >= 4 is 11.9 Å². The zero-order valence-corrected chi connectivity index (χ0v) is 9.49. The van der Waals surface area contributed by atoms with Crippen molar-refractivity contribution < 1.29 is 35.5 Å². The van der Waals surface area contributed by atoms with Gasteiger partial charge in [0.25, 0.3) is 0 Å². The smallest absolute Gasteiger partial charge is 0.343 e. The van der Waals surface area contributed by atoms with Crippen LogP contribution in [0.4, 0.5) is 0 Å². The number of aryl methyl sites for hydroxylation is 1. The Kier molecular flexibility index (Phi) is 4.98. The first-order chi connectivity index (χ1) is 7.81. The Morgan fingerprint density at radius 2 is 1.72 bits per heavy atom. The van der Waals surface area contributed by atoms with Crippen LogP contribution >= 0.6 is 0 Å². The molecule has 0 aliphatic carbocycles. The van der Waals surface area contributed by atoms with Gasteiger partial charge >= 0.3 is 11.9 Å². The van der Waals surface area contributed by atoms with Crippen LogP contribution in [0.2, 0.25) is 0 Å². The molecule has 0 fully saturated rings. The summed E-state index contributed by atoms with van der Waals surface area (Å²) in [7, 11) is 0. The van der Waals surface area contributed by atoms with Crippen LogP contribution < -0.4 is 0 Å². The molecule has 7 heteroatoms. The van der Waals surface area contributed by atoms with Gasteiger partial charge in [0.05, 0.1) is 0 Å². The quantitative estimate of drug-likeness (QED) is 0.538. The van der Waals surface area contributed by atoms with Gasteiger partial charge in [0.2, 0.25) is 5.60 Å². The maximum atomic E-state index is 11.0. The predicted octanol–water partition coefficient (Wildman–Crippen LogP) is -1.11. The van der Waals surface area contributed by atoms with Gasteiger partial charge < -0.3 is 25.9 Å². The minimum atomic E-state index is -2.86. The van der Waals surface area contributed by atoms with Gasteiger partial charge in [0, 0.05) is 5.56 Å². The maximum absolute atomic E-state index is 11.0. The van der Waals surface area contributed by atoms with Crippen molar-refractivity contribution in [2.45, 2.75) is 18.6 Å². The number of carboxylic acids is 2. The molecule has 6 N–H and O–H groups in total. The first kappa shape index (κ1) is 16.0. The van der Waals surface area contributed by atoms with Crippen LogP contribution in [-0.2, 0) is 15.2 Å². The van der Waals surface area contributed by atoms with Gasteiger partial charge in [-0.25, -0.2) is 9.59 Å². The fourth-order valence-corrected chi connectivity index (χ4v) is 1.56. The Labute approximate surface area is 102 Å². The molecule has 0 saturated heterocycles. The second-order valence-corrected chi connectivity index (χ2v) is 3.63. The van der Waals surface area contributed by atoms with E-state index in [1.165, 1.54) is 25.1 Å². The lowest BCUT2D eigenvalue weighted by Crippen LogP contribution is -2.51. The van der Waals surface area contributed by atoms with Crippen molar-refractivity contribution in [2.75, 3.05) is 0 Å². The molecule has 0 aromatic heterocycles. The van der Waals surface area contributed by atoms with E-state index in [4.69, 9.17) is 10.2 Å². The highest BCUT2D eigenvalue weighted by atomic mass is 16.4. The summed E-state index contributed by atoms with van der Waals surface area (Å²) >= 11 is 0. The molecule has 1 aromatic rings. The average molecular weight is 258 g/mol. The number of carboxylic acid groups (broad SMARTS) is 2. The van der Waals surface area contributed by atoms with Crippen LogP contribution in [0.3, 0.4) is 0 Å².